The first-order valence-corrected chi connectivity index (χ1v) is 12.6. The van der Waals surface area contributed by atoms with E-state index in [-0.39, 0.29) is 16.7 Å². The molecule has 0 radical (unpaired) electrons. The van der Waals surface area contributed by atoms with E-state index in [1.165, 1.54) is 12.1 Å². The molecule has 0 bridgehead atoms. The highest BCUT2D eigenvalue weighted by Gasteiger charge is 2.29. The Bertz CT molecular complexity index is 1280. The molecule has 33 heavy (non-hydrogen) atoms. The molecule has 10 heteroatoms. The predicted octanol–water partition coefficient (Wildman–Crippen LogP) is 2.37. The Labute approximate surface area is 193 Å². The van der Waals surface area contributed by atoms with Gasteiger partial charge in [0.05, 0.1) is 16.2 Å². The van der Waals surface area contributed by atoms with Gasteiger partial charge in [-0.2, -0.15) is 4.98 Å². The maximum absolute atomic E-state index is 12.9. The highest BCUT2D eigenvalue weighted by Crippen LogP contribution is 2.33. The number of anilines is 1. The number of nitrogens with two attached hydrogens (primary N) is 1. The van der Waals surface area contributed by atoms with Gasteiger partial charge in [-0.3, -0.25) is 4.79 Å². The molecule has 0 unspecified atom stereocenters. The summed E-state index contributed by atoms with van der Waals surface area (Å²) in [5, 5.41) is 9.07. The van der Waals surface area contributed by atoms with Crippen molar-refractivity contribution in [2.75, 3.05) is 24.5 Å². The Kier molecular flexibility index (Phi) is 6.40. The van der Waals surface area contributed by atoms with Crippen LogP contribution >= 0.6 is 0 Å². The molecule has 0 spiro atoms. The monoisotopic (exact) mass is 471 g/mol. The van der Waals surface area contributed by atoms with Gasteiger partial charge in [0.15, 0.2) is 0 Å². The van der Waals surface area contributed by atoms with Gasteiger partial charge in [-0.05, 0) is 57.7 Å². The zero-order chi connectivity index (χ0) is 23.8. The van der Waals surface area contributed by atoms with Crippen molar-refractivity contribution < 1.29 is 17.6 Å². The number of furan rings is 1. The van der Waals surface area contributed by atoms with Gasteiger partial charge < -0.3 is 14.6 Å². The molecule has 1 aliphatic heterocycles. The maximum Gasteiger partial charge on any atom is 0.238 e. The number of sulfonamides is 1. The van der Waals surface area contributed by atoms with Crippen LogP contribution in [0.2, 0.25) is 0 Å². The number of hydrogen-bond donors (Lipinski definition) is 2. The number of fused-ring (bicyclic) bond motifs is 1. The number of hydrogen-bond acceptors (Lipinski definition) is 7. The van der Waals surface area contributed by atoms with Gasteiger partial charge in [0, 0.05) is 25.2 Å². The minimum atomic E-state index is -3.70. The number of carbonyl (C=O) groups is 1. The number of aromatic nitrogens is 2. The fourth-order valence-corrected chi connectivity index (χ4v) is 4.78. The minimum absolute atomic E-state index is 0.0166. The van der Waals surface area contributed by atoms with Crippen LogP contribution in [0.4, 0.5) is 5.82 Å². The number of benzene rings is 1. The van der Waals surface area contributed by atoms with Crippen LogP contribution in [0.25, 0.3) is 11.1 Å². The molecule has 4 rings (SSSR count). The van der Waals surface area contributed by atoms with E-state index in [1.54, 1.807) is 12.1 Å². The molecule has 1 saturated heterocycles. The van der Waals surface area contributed by atoms with E-state index < -0.39 is 10.0 Å². The standard InChI is InChI=1S/C23H29N5O4S/c1-14-15(2)32-23-20(14)21(26-16(3)27-23)28-12-4-5-18(13-28)22(29)25-11-10-17-6-8-19(9-7-17)33(24,30)31/h6-9,18H,4-5,10-13H2,1-3H3,(H,25,29)(H2,24,30,31)/t18-/m0/s1. The van der Waals surface area contributed by atoms with Gasteiger partial charge in [-0.1, -0.05) is 12.1 Å². The fraction of sp³-hybridized carbons (Fsp3) is 0.435. The number of aryl methyl sites for hydroxylation is 3. The normalized spacial score (nSPS) is 16.8. The molecule has 3 N–H and O–H groups in total. The lowest BCUT2D eigenvalue weighted by atomic mass is 9.96. The van der Waals surface area contributed by atoms with Crippen molar-refractivity contribution in [2.24, 2.45) is 11.1 Å². The molecule has 3 aromatic rings. The van der Waals surface area contributed by atoms with E-state index in [0.717, 1.165) is 47.5 Å². The Hall–Kier alpha value is -2.98. The average Bonchev–Trinajstić information content (AvgIpc) is 3.06. The Morgan fingerprint density at radius 3 is 2.64 bits per heavy atom. The third-order valence-electron chi connectivity index (χ3n) is 6.18. The van der Waals surface area contributed by atoms with Crippen LogP contribution < -0.4 is 15.4 Å². The molecule has 0 aliphatic carbocycles. The molecule has 9 nitrogen and oxygen atoms in total. The Morgan fingerprint density at radius 2 is 1.94 bits per heavy atom. The molecule has 1 amide bonds. The Morgan fingerprint density at radius 1 is 1.21 bits per heavy atom. The molecule has 1 fully saturated rings. The van der Waals surface area contributed by atoms with Gasteiger partial charge in [-0.15, -0.1) is 0 Å². The van der Waals surface area contributed by atoms with Crippen LogP contribution in [0.1, 0.15) is 35.6 Å². The SMILES string of the molecule is Cc1nc(N2CCC[C@H](C(=O)NCCc3ccc(S(N)(=O)=O)cc3)C2)c2c(C)c(C)oc2n1. The first-order chi connectivity index (χ1) is 15.6. The topological polar surface area (TPSA) is 131 Å². The van der Waals surface area contributed by atoms with E-state index in [4.69, 9.17) is 14.5 Å². The van der Waals surface area contributed by atoms with Gasteiger partial charge in [0.1, 0.15) is 17.4 Å². The summed E-state index contributed by atoms with van der Waals surface area (Å²) in [5.41, 5.74) is 2.55. The van der Waals surface area contributed by atoms with Crippen LogP contribution in [-0.4, -0.2) is 43.9 Å². The molecule has 0 saturated carbocycles. The number of amides is 1. The molecule has 3 heterocycles. The number of primary sulfonamides is 1. The van der Waals surface area contributed by atoms with E-state index in [0.29, 0.717) is 31.0 Å². The molecule has 1 aliphatic rings. The first-order valence-electron chi connectivity index (χ1n) is 11.0. The van der Waals surface area contributed by atoms with Crippen LogP contribution in [0.15, 0.2) is 33.6 Å². The molecule has 2 aromatic heterocycles. The smallest absolute Gasteiger partial charge is 0.238 e. The summed E-state index contributed by atoms with van der Waals surface area (Å²) >= 11 is 0. The van der Waals surface area contributed by atoms with Crippen molar-refractivity contribution in [1.82, 2.24) is 15.3 Å². The summed E-state index contributed by atoms with van der Waals surface area (Å²) in [7, 11) is -3.70. The molecular formula is C23H29N5O4S. The maximum atomic E-state index is 12.9. The first kappa shape index (κ1) is 23.2. The van der Waals surface area contributed by atoms with Crippen molar-refractivity contribution in [3.8, 4) is 0 Å². The second-order valence-corrected chi connectivity index (χ2v) is 10.1. The number of nitrogens with zero attached hydrogens (tertiary/aromatic N) is 3. The van der Waals surface area contributed by atoms with Crippen molar-refractivity contribution in [2.45, 2.75) is 44.9 Å². The zero-order valence-electron chi connectivity index (χ0n) is 19.1. The summed E-state index contributed by atoms with van der Waals surface area (Å²) in [4.78, 5) is 24.2. The number of nitrogens with one attached hydrogen (secondary N) is 1. The van der Waals surface area contributed by atoms with Crippen molar-refractivity contribution in [1.29, 1.82) is 0 Å². The van der Waals surface area contributed by atoms with Gasteiger partial charge in [-0.25, -0.2) is 18.5 Å². The van der Waals surface area contributed by atoms with Gasteiger partial charge in [0.25, 0.3) is 0 Å². The molecule has 176 valence electrons. The van der Waals surface area contributed by atoms with E-state index in [9.17, 15) is 13.2 Å². The van der Waals surface area contributed by atoms with Gasteiger partial charge >= 0.3 is 0 Å². The molecule has 1 atom stereocenters. The van der Waals surface area contributed by atoms with Crippen LogP contribution in [-0.2, 0) is 21.2 Å². The molecule has 1 aromatic carbocycles. The quantitative estimate of drug-likeness (QED) is 0.564. The van der Waals surface area contributed by atoms with Crippen LogP contribution in [0.5, 0.6) is 0 Å². The lowest BCUT2D eigenvalue weighted by Gasteiger charge is -2.33. The Balaban J connectivity index is 1.40. The summed E-state index contributed by atoms with van der Waals surface area (Å²) < 4.78 is 28.5. The minimum Gasteiger partial charge on any atom is -0.443 e. The fourth-order valence-electron chi connectivity index (χ4n) is 4.26. The van der Waals surface area contributed by atoms with Gasteiger partial charge in [0.2, 0.25) is 21.6 Å². The lowest BCUT2D eigenvalue weighted by molar-refractivity contribution is -0.125. The second-order valence-electron chi connectivity index (χ2n) is 8.57. The second kappa shape index (κ2) is 9.11. The van der Waals surface area contributed by atoms with E-state index in [2.05, 4.69) is 15.2 Å². The summed E-state index contributed by atoms with van der Waals surface area (Å²) in [6, 6.07) is 6.39. The average molecular weight is 472 g/mol. The lowest BCUT2D eigenvalue weighted by Crippen LogP contribution is -2.44. The highest BCUT2D eigenvalue weighted by molar-refractivity contribution is 7.89. The van der Waals surface area contributed by atoms with E-state index >= 15 is 0 Å². The highest BCUT2D eigenvalue weighted by atomic mass is 32.2. The predicted molar refractivity (Wildman–Crippen MR) is 125 cm³/mol. The molecular weight excluding hydrogens is 442 g/mol. The van der Waals surface area contributed by atoms with E-state index in [1.807, 2.05) is 20.8 Å². The zero-order valence-corrected chi connectivity index (χ0v) is 19.9. The van der Waals surface area contributed by atoms with Crippen molar-refractivity contribution in [3.05, 3.63) is 47.0 Å². The van der Waals surface area contributed by atoms with Crippen molar-refractivity contribution >= 4 is 32.8 Å². The number of rotatable bonds is 6. The largest absolute Gasteiger partial charge is 0.443 e. The summed E-state index contributed by atoms with van der Waals surface area (Å²) in [6.45, 7) is 7.66. The van der Waals surface area contributed by atoms with Crippen LogP contribution in [0.3, 0.4) is 0 Å². The third kappa shape index (κ3) is 5.01. The third-order valence-corrected chi connectivity index (χ3v) is 7.11. The number of piperidine rings is 1. The summed E-state index contributed by atoms with van der Waals surface area (Å²) in [5.74, 6) is 2.19. The number of carbonyl (C=O) groups excluding carboxylic acids is 1. The van der Waals surface area contributed by atoms with Crippen LogP contribution in [0, 0.1) is 26.7 Å². The van der Waals surface area contributed by atoms with Crippen molar-refractivity contribution in [3.63, 3.8) is 0 Å². The summed E-state index contributed by atoms with van der Waals surface area (Å²) in [6.07, 6.45) is 2.32.